The van der Waals surface area contributed by atoms with Crippen LogP contribution in [-0.4, -0.2) is 51.0 Å². The quantitative estimate of drug-likeness (QED) is 0.613. The monoisotopic (exact) mass is 439 g/mol. The Balaban J connectivity index is 1.35. The van der Waals surface area contributed by atoms with Crippen LogP contribution in [0.3, 0.4) is 0 Å². The summed E-state index contributed by atoms with van der Waals surface area (Å²) in [5, 5.41) is 11.1. The number of alkyl halides is 2. The normalized spacial score (nSPS) is 19.4. The van der Waals surface area contributed by atoms with Crippen molar-refractivity contribution in [2.24, 2.45) is 0 Å². The Hall–Kier alpha value is -2.87. The number of carbonyl (C=O) groups is 1. The third kappa shape index (κ3) is 4.50. The van der Waals surface area contributed by atoms with Crippen LogP contribution < -0.4 is 5.32 Å². The highest BCUT2D eigenvalue weighted by atomic mass is 19.3. The summed E-state index contributed by atoms with van der Waals surface area (Å²) >= 11 is 0. The average molecular weight is 440 g/mol. The summed E-state index contributed by atoms with van der Waals surface area (Å²) in [7, 11) is 0. The van der Waals surface area contributed by atoms with Crippen LogP contribution in [0.15, 0.2) is 36.7 Å². The zero-order chi connectivity index (χ0) is 22.1. The molecule has 0 bridgehead atoms. The number of nitrogens with one attached hydrogen (secondary N) is 2. The number of fused-ring (bicyclic) bond motifs is 1. The maximum atomic E-state index is 13.4. The van der Waals surface area contributed by atoms with E-state index in [1.165, 1.54) is 0 Å². The summed E-state index contributed by atoms with van der Waals surface area (Å²) in [6, 6.07) is 8.13. The lowest BCUT2D eigenvalue weighted by atomic mass is 10.0. The van der Waals surface area contributed by atoms with Gasteiger partial charge in [-0.05, 0) is 42.2 Å². The van der Waals surface area contributed by atoms with Crippen LogP contribution in [0.4, 0.5) is 8.78 Å². The van der Waals surface area contributed by atoms with Gasteiger partial charge in [-0.2, -0.15) is 5.10 Å². The molecule has 3 aromatic rings. The van der Waals surface area contributed by atoms with E-state index >= 15 is 0 Å². The van der Waals surface area contributed by atoms with Crippen molar-refractivity contribution >= 4 is 16.8 Å². The highest BCUT2D eigenvalue weighted by Crippen LogP contribution is 2.30. The number of amides is 1. The number of piperidine rings is 1. The number of rotatable bonds is 5. The Bertz CT molecular complexity index is 1110. The van der Waals surface area contributed by atoms with E-state index in [2.05, 4.69) is 20.5 Å². The molecule has 2 aliphatic rings. The van der Waals surface area contributed by atoms with Crippen LogP contribution in [-0.2, 0) is 6.54 Å². The minimum Gasteiger partial charge on any atom is -0.348 e. The van der Waals surface area contributed by atoms with Gasteiger partial charge in [0.05, 0.1) is 5.52 Å². The number of aromatic amines is 1. The Kier molecular flexibility index (Phi) is 5.63. The van der Waals surface area contributed by atoms with Gasteiger partial charge < -0.3 is 5.32 Å². The zero-order valence-electron chi connectivity index (χ0n) is 17.9. The molecular weight excluding hydrogens is 412 g/mol. The first-order valence-electron chi connectivity index (χ1n) is 11.3. The van der Waals surface area contributed by atoms with Crippen LogP contribution in [0.5, 0.6) is 0 Å². The summed E-state index contributed by atoms with van der Waals surface area (Å²) in [6.07, 6.45) is 7.73. The number of hydrogen-bond acceptors (Lipinski definition) is 4. The SMILES string of the molecule is O=C(NC1CCCC1)c1n[nH]c2ccc(-c3cncc(CN4CCC(F)(F)CC4)c3)cc12. The maximum Gasteiger partial charge on any atom is 0.272 e. The molecule has 0 spiro atoms. The van der Waals surface area contributed by atoms with Crippen LogP contribution in [0.1, 0.15) is 54.6 Å². The second-order valence-electron chi connectivity index (χ2n) is 9.00. The van der Waals surface area contributed by atoms with Gasteiger partial charge in [0, 0.05) is 61.9 Å². The van der Waals surface area contributed by atoms with E-state index in [-0.39, 0.29) is 24.8 Å². The Morgan fingerprint density at radius 1 is 1.12 bits per heavy atom. The predicted octanol–water partition coefficient (Wildman–Crippen LogP) is 4.53. The first-order chi connectivity index (χ1) is 15.5. The fourth-order valence-electron chi connectivity index (χ4n) is 4.72. The smallest absolute Gasteiger partial charge is 0.272 e. The van der Waals surface area contributed by atoms with E-state index in [1.807, 2.05) is 29.2 Å². The highest BCUT2D eigenvalue weighted by Gasteiger charge is 2.33. The number of nitrogens with zero attached hydrogens (tertiary/aromatic N) is 3. The van der Waals surface area contributed by atoms with E-state index in [0.717, 1.165) is 53.3 Å². The summed E-state index contributed by atoms with van der Waals surface area (Å²) in [4.78, 5) is 19.2. The molecule has 32 heavy (non-hydrogen) atoms. The van der Waals surface area contributed by atoms with Gasteiger partial charge in [-0.1, -0.05) is 18.9 Å². The summed E-state index contributed by atoms with van der Waals surface area (Å²) in [5.74, 6) is -2.69. The Morgan fingerprint density at radius 3 is 2.69 bits per heavy atom. The van der Waals surface area contributed by atoms with Crippen LogP contribution >= 0.6 is 0 Å². The van der Waals surface area contributed by atoms with E-state index in [4.69, 9.17) is 0 Å². The van der Waals surface area contributed by atoms with Gasteiger partial charge in [0.15, 0.2) is 5.69 Å². The number of hydrogen-bond donors (Lipinski definition) is 2. The molecule has 8 heteroatoms. The van der Waals surface area contributed by atoms with Gasteiger partial charge in [0.2, 0.25) is 0 Å². The van der Waals surface area contributed by atoms with Crippen molar-refractivity contribution in [1.29, 1.82) is 0 Å². The van der Waals surface area contributed by atoms with Gasteiger partial charge in [-0.3, -0.25) is 19.8 Å². The van der Waals surface area contributed by atoms with Crippen LogP contribution in [0.25, 0.3) is 22.0 Å². The number of benzene rings is 1. The maximum absolute atomic E-state index is 13.4. The van der Waals surface area contributed by atoms with Gasteiger partial charge in [0.1, 0.15) is 0 Å². The molecule has 0 atom stereocenters. The van der Waals surface area contributed by atoms with Gasteiger partial charge in [0.25, 0.3) is 11.8 Å². The fraction of sp³-hybridized carbons (Fsp3) is 0.458. The molecule has 1 aromatic carbocycles. The van der Waals surface area contributed by atoms with E-state index < -0.39 is 5.92 Å². The van der Waals surface area contributed by atoms with Gasteiger partial charge in [-0.25, -0.2) is 8.78 Å². The second-order valence-corrected chi connectivity index (χ2v) is 9.00. The molecule has 1 saturated heterocycles. The number of halogens is 2. The van der Waals surface area contributed by atoms with E-state index in [1.54, 1.807) is 12.4 Å². The lowest BCUT2D eigenvalue weighted by molar-refractivity contribution is -0.0566. The molecular formula is C24H27F2N5O. The summed E-state index contributed by atoms with van der Waals surface area (Å²) < 4.78 is 26.9. The average Bonchev–Trinajstić information content (AvgIpc) is 3.45. The fourth-order valence-corrected chi connectivity index (χ4v) is 4.72. The third-order valence-electron chi connectivity index (χ3n) is 6.59. The second kappa shape index (κ2) is 8.58. The molecule has 2 N–H and O–H groups in total. The van der Waals surface area contributed by atoms with Gasteiger partial charge in [-0.15, -0.1) is 0 Å². The minimum atomic E-state index is -2.54. The van der Waals surface area contributed by atoms with Crippen LogP contribution in [0, 0.1) is 0 Å². The number of carbonyl (C=O) groups excluding carboxylic acids is 1. The summed E-state index contributed by atoms with van der Waals surface area (Å²) in [5.41, 5.74) is 4.07. The number of likely N-dealkylation sites (tertiary alicyclic amines) is 1. The molecule has 1 aliphatic carbocycles. The number of H-pyrrole nitrogens is 1. The molecule has 6 nitrogen and oxygen atoms in total. The Morgan fingerprint density at radius 2 is 1.91 bits per heavy atom. The van der Waals surface area contributed by atoms with Crippen molar-refractivity contribution in [2.45, 2.75) is 57.0 Å². The molecule has 0 unspecified atom stereocenters. The first-order valence-corrected chi connectivity index (χ1v) is 11.3. The predicted molar refractivity (Wildman–Crippen MR) is 119 cm³/mol. The van der Waals surface area contributed by atoms with Crippen molar-refractivity contribution in [2.75, 3.05) is 13.1 Å². The molecule has 3 heterocycles. The highest BCUT2D eigenvalue weighted by molar-refractivity contribution is 6.05. The number of aromatic nitrogens is 3. The molecule has 168 valence electrons. The van der Waals surface area contributed by atoms with Crippen molar-refractivity contribution < 1.29 is 13.6 Å². The summed E-state index contributed by atoms with van der Waals surface area (Å²) in [6.45, 7) is 1.37. The lowest BCUT2D eigenvalue weighted by Gasteiger charge is -2.31. The van der Waals surface area contributed by atoms with E-state index in [0.29, 0.717) is 25.3 Å². The molecule has 2 aromatic heterocycles. The lowest BCUT2D eigenvalue weighted by Crippen LogP contribution is -2.38. The van der Waals surface area contributed by atoms with Crippen molar-refractivity contribution in [3.05, 3.63) is 47.9 Å². The van der Waals surface area contributed by atoms with Gasteiger partial charge >= 0.3 is 0 Å². The third-order valence-corrected chi connectivity index (χ3v) is 6.59. The topological polar surface area (TPSA) is 73.9 Å². The van der Waals surface area contributed by atoms with E-state index in [9.17, 15) is 13.6 Å². The molecule has 5 rings (SSSR count). The molecule has 1 aliphatic heterocycles. The van der Waals surface area contributed by atoms with Crippen molar-refractivity contribution in [3.8, 4) is 11.1 Å². The van der Waals surface area contributed by atoms with Crippen LogP contribution in [0.2, 0.25) is 0 Å². The molecule has 1 amide bonds. The molecule has 2 fully saturated rings. The first kappa shape index (κ1) is 21.0. The Labute approximate surface area is 185 Å². The van der Waals surface area contributed by atoms with Crippen molar-refractivity contribution in [3.63, 3.8) is 0 Å². The van der Waals surface area contributed by atoms with Crippen molar-refractivity contribution in [1.82, 2.24) is 25.4 Å². The standard InChI is InChI=1S/C24H27F2N5O/c25-24(26)7-9-31(10-8-24)15-16-11-18(14-27-13-16)17-5-6-21-20(12-17)22(30-29-21)23(32)28-19-3-1-2-4-19/h5-6,11-14,19H,1-4,7-10,15H2,(H,28,32)(H,29,30). The largest absolute Gasteiger partial charge is 0.348 e. The molecule has 1 saturated carbocycles. The number of pyridine rings is 1. The minimum absolute atomic E-state index is 0.0943. The molecule has 0 radical (unpaired) electrons. The zero-order valence-corrected chi connectivity index (χ0v) is 17.9.